The number of thiophene rings is 1. The van der Waals surface area contributed by atoms with Gasteiger partial charge in [0.05, 0.1) is 10.2 Å². The van der Waals surface area contributed by atoms with Crippen LogP contribution in [0.2, 0.25) is 0 Å². The maximum absolute atomic E-state index is 12.6. The van der Waals surface area contributed by atoms with Gasteiger partial charge in [-0.3, -0.25) is 4.79 Å². The fourth-order valence-electron chi connectivity index (χ4n) is 1.88. The molecule has 8 heteroatoms. The molecule has 0 aromatic carbocycles. The summed E-state index contributed by atoms with van der Waals surface area (Å²) in [5.41, 5.74) is -1.82. The number of hydrogen-bond donors (Lipinski definition) is 2. The number of hydrogen-bond acceptors (Lipinski definition) is 4. The average molecular weight is 318 g/mol. The summed E-state index contributed by atoms with van der Waals surface area (Å²) in [6.07, 6.45) is -6.08. The van der Waals surface area contributed by atoms with Gasteiger partial charge < -0.3 is 10.4 Å². The number of amides is 1. The molecule has 1 unspecified atom stereocenters. The largest absolute Gasteiger partial charge is 0.416 e. The van der Waals surface area contributed by atoms with Gasteiger partial charge in [0.25, 0.3) is 5.91 Å². The fraction of sp³-hybridized carbons (Fsp3) is 0.385. The second-order valence-electron chi connectivity index (χ2n) is 5.12. The zero-order chi connectivity index (χ0) is 15.8. The molecule has 2 N–H and O–H groups in total. The number of fused-ring (bicyclic) bond motifs is 1. The van der Waals surface area contributed by atoms with Crippen molar-refractivity contribution in [3.63, 3.8) is 0 Å². The molecule has 2 aromatic heterocycles. The molecule has 0 spiro atoms. The van der Waals surface area contributed by atoms with Crippen molar-refractivity contribution in [2.75, 3.05) is 0 Å². The molecule has 0 fully saturated rings. The van der Waals surface area contributed by atoms with Crippen molar-refractivity contribution in [3.8, 4) is 0 Å². The van der Waals surface area contributed by atoms with Gasteiger partial charge in [0, 0.05) is 6.20 Å². The van der Waals surface area contributed by atoms with Crippen molar-refractivity contribution < 1.29 is 23.1 Å². The highest BCUT2D eigenvalue weighted by atomic mass is 32.1. The predicted molar refractivity (Wildman–Crippen MR) is 73.2 cm³/mol. The summed E-state index contributed by atoms with van der Waals surface area (Å²) in [5.74, 6) is -0.753. The molecule has 1 amide bonds. The van der Waals surface area contributed by atoms with Gasteiger partial charge in [0.15, 0.2) is 6.10 Å². The van der Waals surface area contributed by atoms with E-state index in [0.717, 1.165) is 19.2 Å². The van der Waals surface area contributed by atoms with Crippen LogP contribution < -0.4 is 5.32 Å². The van der Waals surface area contributed by atoms with Crippen LogP contribution in [0.15, 0.2) is 23.7 Å². The van der Waals surface area contributed by atoms with E-state index in [0.29, 0.717) is 4.70 Å². The molecule has 114 valence electrons. The molecule has 0 saturated carbocycles. The zero-order valence-electron chi connectivity index (χ0n) is 11.2. The molecule has 0 radical (unpaired) electrons. The Labute approximate surface area is 122 Å². The SMILES string of the molecule is CC(C)(NC(=O)c1nccc2ccsc12)C(O)C(F)(F)F. The first-order chi connectivity index (χ1) is 9.63. The van der Waals surface area contributed by atoms with Gasteiger partial charge in [0.2, 0.25) is 0 Å². The molecule has 1 atom stereocenters. The Morgan fingerprint density at radius 3 is 2.67 bits per heavy atom. The van der Waals surface area contributed by atoms with E-state index in [1.165, 1.54) is 17.5 Å². The zero-order valence-corrected chi connectivity index (χ0v) is 12.0. The molecule has 2 rings (SSSR count). The van der Waals surface area contributed by atoms with Gasteiger partial charge in [-0.2, -0.15) is 13.2 Å². The van der Waals surface area contributed by atoms with Crippen LogP contribution in [0.5, 0.6) is 0 Å². The molecule has 2 heterocycles. The smallest absolute Gasteiger partial charge is 0.382 e. The topological polar surface area (TPSA) is 62.2 Å². The van der Waals surface area contributed by atoms with Crippen molar-refractivity contribution in [3.05, 3.63) is 29.4 Å². The van der Waals surface area contributed by atoms with Crippen molar-refractivity contribution in [1.82, 2.24) is 10.3 Å². The lowest BCUT2D eigenvalue weighted by molar-refractivity contribution is -0.222. The monoisotopic (exact) mass is 318 g/mol. The maximum atomic E-state index is 12.6. The lowest BCUT2D eigenvalue weighted by Gasteiger charge is -2.32. The first kappa shape index (κ1) is 15.7. The number of rotatable bonds is 3. The minimum atomic E-state index is -4.82. The number of aliphatic hydroxyl groups excluding tert-OH is 1. The first-order valence-corrected chi connectivity index (χ1v) is 6.90. The van der Waals surface area contributed by atoms with Gasteiger partial charge >= 0.3 is 6.18 Å². The molecule has 0 aliphatic rings. The van der Waals surface area contributed by atoms with E-state index < -0.39 is 23.7 Å². The average Bonchev–Trinajstić information content (AvgIpc) is 2.83. The molecule has 0 aliphatic carbocycles. The summed E-state index contributed by atoms with van der Waals surface area (Å²) in [5, 5.41) is 14.1. The Morgan fingerprint density at radius 1 is 1.38 bits per heavy atom. The number of pyridine rings is 1. The van der Waals surface area contributed by atoms with Crippen molar-refractivity contribution in [1.29, 1.82) is 0 Å². The Bertz CT molecular complexity index is 667. The Hall–Kier alpha value is -1.67. The normalized spacial score (nSPS) is 14.2. The Kier molecular flexibility index (Phi) is 3.94. The molecule has 0 saturated heterocycles. The van der Waals surface area contributed by atoms with Crippen molar-refractivity contribution >= 4 is 27.3 Å². The highest BCUT2D eigenvalue weighted by molar-refractivity contribution is 7.17. The summed E-state index contributed by atoms with van der Waals surface area (Å²) >= 11 is 1.27. The number of carbonyl (C=O) groups is 1. The van der Waals surface area contributed by atoms with Gasteiger partial charge in [-0.15, -0.1) is 11.3 Å². The molecule has 2 aromatic rings. The van der Waals surface area contributed by atoms with Crippen LogP contribution in [0.3, 0.4) is 0 Å². The lowest BCUT2D eigenvalue weighted by Crippen LogP contribution is -2.57. The second-order valence-corrected chi connectivity index (χ2v) is 6.03. The Balaban J connectivity index is 2.27. The third-order valence-corrected chi connectivity index (χ3v) is 3.95. The van der Waals surface area contributed by atoms with E-state index >= 15 is 0 Å². The summed E-state index contributed by atoms with van der Waals surface area (Å²) in [6.45, 7) is 2.22. The number of alkyl halides is 3. The van der Waals surface area contributed by atoms with Crippen LogP contribution >= 0.6 is 11.3 Å². The van der Waals surface area contributed by atoms with E-state index in [1.54, 1.807) is 17.5 Å². The lowest BCUT2D eigenvalue weighted by atomic mass is 9.96. The van der Waals surface area contributed by atoms with E-state index in [2.05, 4.69) is 10.3 Å². The molecular formula is C13H13F3N2O2S. The standard InChI is InChI=1S/C13H13F3N2O2S/c1-12(2,11(20)13(14,15)16)18-10(19)8-9-7(3-5-17-8)4-6-21-9/h3-6,11,20H,1-2H3,(H,18,19). The third kappa shape index (κ3) is 3.16. The van der Waals surface area contributed by atoms with Crippen LogP contribution in [0.4, 0.5) is 13.2 Å². The number of aromatic nitrogens is 1. The van der Waals surface area contributed by atoms with Crippen LogP contribution in [-0.2, 0) is 0 Å². The number of nitrogens with zero attached hydrogens (tertiary/aromatic N) is 1. The summed E-state index contributed by atoms with van der Waals surface area (Å²) < 4.78 is 38.3. The van der Waals surface area contributed by atoms with Crippen LogP contribution in [0.1, 0.15) is 24.3 Å². The van der Waals surface area contributed by atoms with Gasteiger partial charge in [-0.05, 0) is 36.7 Å². The van der Waals surface area contributed by atoms with Gasteiger partial charge in [-0.1, -0.05) is 0 Å². The first-order valence-electron chi connectivity index (χ1n) is 6.02. The van der Waals surface area contributed by atoms with Crippen LogP contribution in [0.25, 0.3) is 10.1 Å². The summed E-state index contributed by atoms with van der Waals surface area (Å²) in [4.78, 5) is 16.1. The minimum absolute atomic E-state index is 0.0462. The van der Waals surface area contributed by atoms with Gasteiger partial charge in [-0.25, -0.2) is 4.98 Å². The molecular weight excluding hydrogens is 305 g/mol. The highest BCUT2D eigenvalue weighted by Gasteiger charge is 2.48. The van der Waals surface area contributed by atoms with Crippen LogP contribution in [-0.4, -0.2) is 33.8 Å². The molecule has 4 nitrogen and oxygen atoms in total. The number of aliphatic hydroxyl groups is 1. The fourth-order valence-corrected chi connectivity index (χ4v) is 2.76. The van der Waals surface area contributed by atoms with E-state index in [4.69, 9.17) is 0 Å². The predicted octanol–water partition coefficient (Wildman–Crippen LogP) is 2.73. The van der Waals surface area contributed by atoms with E-state index in [9.17, 15) is 23.1 Å². The van der Waals surface area contributed by atoms with Crippen LogP contribution in [0, 0.1) is 0 Å². The molecule has 0 bridgehead atoms. The number of carbonyl (C=O) groups excluding carboxylic acids is 1. The van der Waals surface area contributed by atoms with Gasteiger partial charge in [0.1, 0.15) is 5.69 Å². The highest BCUT2D eigenvalue weighted by Crippen LogP contribution is 2.29. The quantitative estimate of drug-likeness (QED) is 0.915. The van der Waals surface area contributed by atoms with Crippen molar-refractivity contribution in [2.45, 2.75) is 31.7 Å². The van der Waals surface area contributed by atoms with Crippen molar-refractivity contribution in [2.24, 2.45) is 0 Å². The third-order valence-electron chi connectivity index (χ3n) is 3.01. The number of nitrogens with one attached hydrogen (secondary N) is 1. The summed E-state index contributed by atoms with van der Waals surface area (Å²) in [6, 6.07) is 3.49. The van der Waals surface area contributed by atoms with E-state index in [1.807, 2.05) is 0 Å². The number of halogens is 3. The van der Waals surface area contributed by atoms with E-state index in [-0.39, 0.29) is 5.69 Å². The molecule has 21 heavy (non-hydrogen) atoms. The second kappa shape index (κ2) is 5.27. The minimum Gasteiger partial charge on any atom is -0.382 e. The Morgan fingerprint density at radius 2 is 2.05 bits per heavy atom. The maximum Gasteiger partial charge on any atom is 0.416 e. The molecule has 0 aliphatic heterocycles. The summed E-state index contributed by atoms with van der Waals surface area (Å²) in [7, 11) is 0.